The Balaban J connectivity index is 1.59. The number of aliphatic hydroxyl groups excluding tert-OH is 1. The highest BCUT2D eigenvalue weighted by molar-refractivity contribution is 8.02. The fourth-order valence-corrected chi connectivity index (χ4v) is 9.50. The van der Waals surface area contributed by atoms with Gasteiger partial charge in [0.05, 0.1) is 36.3 Å². The molecule has 2 aromatic rings. The molecule has 9 heteroatoms. The van der Waals surface area contributed by atoms with E-state index in [0.717, 1.165) is 5.69 Å². The molecule has 1 spiro atoms. The van der Waals surface area contributed by atoms with Gasteiger partial charge >= 0.3 is 0 Å². The molecule has 3 amide bonds. The van der Waals surface area contributed by atoms with Crippen molar-refractivity contribution in [3.63, 3.8) is 0 Å². The Morgan fingerprint density at radius 2 is 1.64 bits per heavy atom. The van der Waals surface area contributed by atoms with Gasteiger partial charge < -0.3 is 24.5 Å². The molecule has 1 N–H and O–H groups in total. The minimum Gasteiger partial charge on any atom is -0.497 e. The van der Waals surface area contributed by atoms with E-state index in [0.29, 0.717) is 30.8 Å². The number of ether oxygens (including phenoxy) is 1. The van der Waals surface area contributed by atoms with Gasteiger partial charge in [-0.05, 0) is 63.1 Å². The Bertz CT molecular complexity index is 1370. The van der Waals surface area contributed by atoms with Crippen molar-refractivity contribution in [3.8, 4) is 5.75 Å². The number of amides is 3. The molecule has 2 unspecified atom stereocenters. The number of thioether (sulfide) groups is 1. The zero-order valence-electron chi connectivity index (χ0n) is 24.4. The van der Waals surface area contributed by atoms with Crippen molar-refractivity contribution in [2.75, 3.05) is 36.6 Å². The van der Waals surface area contributed by atoms with E-state index in [1.807, 2.05) is 42.5 Å². The van der Waals surface area contributed by atoms with Gasteiger partial charge in [0.1, 0.15) is 11.8 Å². The number of anilines is 2. The van der Waals surface area contributed by atoms with Crippen LogP contribution in [0.15, 0.2) is 79.9 Å². The molecule has 2 bridgehead atoms. The Kier molecular flexibility index (Phi) is 8.27. The monoisotopic (exact) mass is 589 g/mol. The van der Waals surface area contributed by atoms with Crippen LogP contribution in [-0.4, -0.2) is 76.1 Å². The van der Waals surface area contributed by atoms with Crippen LogP contribution >= 0.6 is 11.8 Å². The highest BCUT2D eigenvalue weighted by atomic mass is 32.2. The molecule has 3 aliphatic rings. The summed E-state index contributed by atoms with van der Waals surface area (Å²) in [5, 5.41) is 10.3. The number of hydrogen-bond donors (Lipinski definition) is 1. The van der Waals surface area contributed by atoms with Gasteiger partial charge in [-0.1, -0.05) is 30.4 Å². The lowest BCUT2D eigenvalue weighted by atomic mass is 9.66. The van der Waals surface area contributed by atoms with E-state index in [9.17, 15) is 19.5 Å². The molecular weight excluding hydrogens is 550 g/mol. The molecule has 0 aliphatic carbocycles. The van der Waals surface area contributed by atoms with Gasteiger partial charge in [0.15, 0.2) is 0 Å². The lowest BCUT2D eigenvalue weighted by Crippen LogP contribution is -2.57. The summed E-state index contributed by atoms with van der Waals surface area (Å²) in [7, 11) is 1.58. The third-order valence-electron chi connectivity index (χ3n) is 9.06. The fourth-order valence-electron chi connectivity index (χ4n) is 7.17. The SMILES string of the molecule is C=CCN(C(=O)C1N([C@H](C)CO)C(=O)[C@@H]2[C@H](C(=O)N(CC=C)c3ccccc3)[C@]3(C)CCC12S3)c1ccc(OC)cc1. The quantitative estimate of drug-likeness (QED) is 0.394. The third-order valence-corrected chi connectivity index (χ3v) is 11.0. The van der Waals surface area contributed by atoms with Gasteiger partial charge in [-0.25, -0.2) is 0 Å². The van der Waals surface area contributed by atoms with E-state index in [4.69, 9.17) is 4.74 Å². The molecule has 6 atom stereocenters. The maximum Gasteiger partial charge on any atom is 0.251 e. The number of fused-ring (bicyclic) bond motifs is 1. The van der Waals surface area contributed by atoms with Crippen LogP contribution in [0.5, 0.6) is 5.75 Å². The minimum atomic E-state index is -0.853. The number of likely N-dealkylation sites (tertiary alicyclic amines) is 1. The maximum absolute atomic E-state index is 14.7. The molecule has 2 aromatic carbocycles. The predicted octanol–water partition coefficient (Wildman–Crippen LogP) is 4.30. The first-order valence-electron chi connectivity index (χ1n) is 14.3. The van der Waals surface area contributed by atoms with E-state index in [-0.39, 0.29) is 30.9 Å². The van der Waals surface area contributed by atoms with Gasteiger partial charge in [0.25, 0.3) is 5.91 Å². The normalized spacial score (nSPS) is 28.2. The molecule has 8 nitrogen and oxygen atoms in total. The van der Waals surface area contributed by atoms with Gasteiger partial charge in [0, 0.05) is 29.2 Å². The van der Waals surface area contributed by atoms with Crippen molar-refractivity contribution in [3.05, 3.63) is 79.9 Å². The molecule has 5 rings (SSSR count). The standard InChI is InChI=1S/C33H39N3O5S/c1-6-19-34(23-11-9-8-10-12-23)29(38)26-27-30(39)36(22(3)21-37)28(33(27)18-17-32(26,4)42-33)31(40)35(20-7-2)24-13-15-25(41-5)16-14-24/h6-16,22,26-28,37H,1-2,17-21H2,3-5H3/t22-,26-,27+,28?,32+,33?/m1/s1. The summed E-state index contributed by atoms with van der Waals surface area (Å²) < 4.78 is 3.97. The number of carbonyl (C=O) groups excluding carboxylic acids is 3. The van der Waals surface area contributed by atoms with Crippen LogP contribution < -0.4 is 14.5 Å². The first kappa shape index (κ1) is 29.9. The Morgan fingerprint density at radius 1 is 1.05 bits per heavy atom. The number of para-hydroxylation sites is 1. The van der Waals surface area contributed by atoms with Crippen molar-refractivity contribution in [2.24, 2.45) is 11.8 Å². The first-order valence-corrected chi connectivity index (χ1v) is 15.2. The molecule has 3 aliphatic heterocycles. The smallest absolute Gasteiger partial charge is 0.251 e. The summed E-state index contributed by atoms with van der Waals surface area (Å²) in [5.41, 5.74) is 1.39. The van der Waals surface area contributed by atoms with Crippen molar-refractivity contribution in [1.82, 2.24) is 4.90 Å². The fraction of sp³-hybridized carbons (Fsp3) is 0.424. The molecule has 0 saturated carbocycles. The lowest BCUT2D eigenvalue weighted by Gasteiger charge is -2.39. The van der Waals surface area contributed by atoms with E-state index < -0.39 is 33.4 Å². The van der Waals surface area contributed by atoms with E-state index in [2.05, 4.69) is 20.1 Å². The number of benzene rings is 2. The second-order valence-corrected chi connectivity index (χ2v) is 13.4. The first-order chi connectivity index (χ1) is 20.2. The van der Waals surface area contributed by atoms with Crippen LogP contribution in [0, 0.1) is 11.8 Å². The Morgan fingerprint density at radius 3 is 2.21 bits per heavy atom. The zero-order chi connectivity index (χ0) is 30.2. The van der Waals surface area contributed by atoms with Crippen LogP contribution in [0.3, 0.4) is 0 Å². The van der Waals surface area contributed by atoms with Crippen LogP contribution in [0.2, 0.25) is 0 Å². The molecular formula is C33H39N3O5S. The van der Waals surface area contributed by atoms with Crippen LogP contribution in [0.1, 0.15) is 26.7 Å². The average Bonchev–Trinajstić information content (AvgIpc) is 3.58. The molecule has 3 fully saturated rings. The third kappa shape index (κ3) is 4.63. The number of methoxy groups -OCH3 is 1. The summed E-state index contributed by atoms with van der Waals surface area (Å²) in [6.45, 7) is 11.8. The second kappa shape index (κ2) is 11.6. The number of rotatable bonds is 11. The molecule has 0 radical (unpaired) electrons. The van der Waals surface area contributed by atoms with Gasteiger partial charge in [-0.2, -0.15) is 0 Å². The Labute approximate surface area is 252 Å². The summed E-state index contributed by atoms with van der Waals surface area (Å²) in [5.74, 6) is -1.30. The Hall–Kier alpha value is -3.56. The van der Waals surface area contributed by atoms with Crippen molar-refractivity contribution < 1.29 is 24.2 Å². The van der Waals surface area contributed by atoms with Gasteiger partial charge in [-0.15, -0.1) is 24.9 Å². The van der Waals surface area contributed by atoms with Crippen LogP contribution in [-0.2, 0) is 14.4 Å². The maximum atomic E-state index is 14.7. The molecule has 222 valence electrons. The summed E-state index contributed by atoms with van der Waals surface area (Å²) in [6.07, 6.45) is 4.67. The van der Waals surface area contributed by atoms with Crippen molar-refractivity contribution in [1.29, 1.82) is 0 Å². The van der Waals surface area contributed by atoms with E-state index in [1.54, 1.807) is 64.8 Å². The summed E-state index contributed by atoms with van der Waals surface area (Å²) >= 11 is 1.62. The molecule has 0 aromatic heterocycles. The number of carbonyl (C=O) groups is 3. The average molecular weight is 590 g/mol. The number of hydrogen-bond acceptors (Lipinski definition) is 6. The van der Waals surface area contributed by atoms with Crippen molar-refractivity contribution in [2.45, 2.75) is 48.3 Å². The number of aliphatic hydroxyl groups is 1. The largest absolute Gasteiger partial charge is 0.497 e. The van der Waals surface area contributed by atoms with Crippen molar-refractivity contribution >= 4 is 40.9 Å². The van der Waals surface area contributed by atoms with E-state index >= 15 is 0 Å². The topological polar surface area (TPSA) is 90.4 Å². The lowest BCUT2D eigenvalue weighted by molar-refractivity contribution is -0.142. The van der Waals surface area contributed by atoms with Gasteiger partial charge in [0.2, 0.25) is 11.8 Å². The highest BCUT2D eigenvalue weighted by Gasteiger charge is 2.78. The summed E-state index contributed by atoms with van der Waals surface area (Å²) in [6, 6.07) is 15.2. The molecule has 42 heavy (non-hydrogen) atoms. The minimum absolute atomic E-state index is 0.140. The van der Waals surface area contributed by atoms with Crippen LogP contribution in [0.25, 0.3) is 0 Å². The molecule has 3 saturated heterocycles. The molecule has 3 heterocycles. The second-order valence-electron chi connectivity index (χ2n) is 11.5. The van der Waals surface area contributed by atoms with Crippen LogP contribution in [0.4, 0.5) is 11.4 Å². The highest BCUT2D eigenvalue weighted by Crippen LogP contribution is 2.72. The zero-order valence-corrected chi connectivity index (χ0v) is 25.3. The van der Waals surface area contributed by atoms with Gasteiger partial charge in [-0.3, -0.25) is 14.4 Å². The predicted molar refractivity (Wildman–Crippen MR) is 167 cm³/mol. The number of nitrogens with zero attached hydrogens (tertiary/aromatic N) is 3. The summed E-state index contributed by atoms with van der Waals surface area (Å²) in [4.78, 5) is 48.5. The van der Waals surface area contributed by atoms with E-state index in [1.165, 1.54) is 0 Å².